The van der Waals surface area contributed by atoms with Gasteiger partial charge in [-0.1, -0.05) is 12.1 Å². The lowest BCUT2D eigenvalue weighted by Crippen LogP contribution is -2.43. The molecule has 2 aromatic carbocycles. The molecule has 7 heteroatoms. The molecule has 3 N–H and O–H groups in total. The number of aliphatic hydroxyl groups excluding tert-OH is 1. The average Bonchev–Trinajstić information content (AvgIpc) is 3.03. The number of nitrogens with one attached hydrogen (secondary N) is 2. The Morgan fingerprint density at radius 2 is 1.77 bits per heavy atom. The highest BCUT2D eigenvalue weighted by atomic mass is 19.1. The first-order valence-corrected chi connectivity index (χ1v) is 8.03. The highest BCUT2D eigenvalue weighted by Crippen LogP contribution is 2.41. The molecule has 0 radical (unpaired) electrons. The van der Waals surface area contributed by atoms with E-state index in [4.69, 9.17) is 5.41 Å². The van der Waals surface area contributed by atoms with Gasteiger partial charge in [-0.15, -0.1) is 0 Å². The van der Waals surface area contributed by atoms with Crippen LogP contribution in [0.15, 0.2) is 48.2 Å². The second kappa shape index (κ2) is 5.39. The van der Waals surface area contributed by atoms with Crippen LogP contribution in [-0.4, -0.2) is 26.4 Å². The van der Waals surface area contributed by atoms with Crippen molar-refractivity contribution in [2.75, 3.05) is 4.90 Å². The van der Waals surface area contributed by atoms with Crippen LogP contribution >= 0.6 is 0 Å². The Kier molecular flexibility index (Phi) is 3.37. The van der Waals surface area contributed by atoms with Crippen molar-refractivity contribution in [3.63, 3.8) is 0 Å². The molecule has 0 bridgehead atoms. The first kappa shape index (κ1) is 16.3. The van der Waals surface area contributed by atoms with Gasteiger partial charge in [-0.3, -0.25) is 5.41 Å². The van der Waals surface area contributed by atoms with Gasteiger partial charge in [0.15, 0.2) is 0 Å². The number of fused-ring (bicyclic) bond motifs is 1. The number of nitrogens with zero attached hydrogens (tertiary/aromatic N) is 2. The fraction of sp³-hybridized carbons (Fsp3) is 0.158. The fourth-order valence-electron chi connectivity index (χ4n) is 3.33. The van der Waals surface area contributed by atoms with E-state index < -0.39 is 17.2 Å². The third kappa shape index (κ3) is 2.28. The molecule has 0 spiro atoms. The second-order valence-corrected chi connectivity index (χ2v) is 6.70. The number of para-hydroxylation sites is 2. The fourth-order valence-corrected chi connectivity index (χ4v) is 3.33. The van der Waals surface area contributed by atoms with Gasteiger partial charge in [0, 0.05) is 11.8 Å². The molecule has 3 aromatic rings. The minimum Gasteiger partial charge on any atom is -0.509 e. The summed E-state index contributed by atoms with van der Waals surface area (Å²) in [6.07, 6.45) is 0. The smallest absolute Gasteiger partial charge is 0.145 e. The van der Waals surface area contributed by atoms with Gasteiger partial charge < -0.3 is 15.0 Å². The van der Waals surface area contributed by atoms with Crippen molar-refractivity contribution in [2.45, 2.75) is 19.4 Å². The van der Waals surface area contributed by atoms with Crippen LogP contribution < -0.4 is 4.90 Å². The number of aromatic nitrogens is 2. The summed E-state index contributed by atoms with van der Waals surface area (Å²) in [5.74, 6) is -1.34. The third-order valence-electron chi connectivity index (χ3n) is 4.57. The van der Waals surface area contributed by atoms with E-state index in [0.29, 0.717) is 11.3 Å². The first-order chi connectivity index (χ1) is 12.3. The largest absolute Gasteiger partial charge is 0.509 e. The van der Waals surface area contributed by atoms with Crippen LogP contribution in [0.1, 0.15) is 19.7 Å². The molecule has 0 amide bonds. The Morgan fingerprint density at radius 3 is 2.42 bits per heavy atom. The van der Waals surface area contributed by atoms with E-state index >= 15 is 0 Å². The lowest BCUT2D eigenvalue weighted by Gasteiger charge is -2.33. The normalized spacial score (nSPS) is 16.8. The molecule has 1 aliphatic rings. The molecule has 26 heavy (non-hydrogen) atoms. The number of rotatable bonds is 2. The number of aromatic amines is 1. The molecule has 0 saturated heterocycles. The summed E-state index contributed by atoms with van der Waals surface area (Å²) in [7, 11) is 0. The standard InChI is InChI=1S/C19H16F2N4O/c1-19(2)16(26)15(18-23-13-5-3-4-6-14(13)24-18)17(22)25(19)12-8-10(20)7-11(21)9-12/h3-9,22,26H,1-2H3,(H,23,24). The van der Waals surface area contributed by atoms with E-state index in [-0.39, 0.29) is 22.9 Å². The van der Waals surface area contributed by atoms with Crippen LogP contribution in [0.4, 0.5) is 14.5 Å². The maximum Gasteiger partial charge on any atom is 0.145 e. The van der Waals surface area contributed by atoms with E-state index in [1.165, 1.54) is 4.90 Å². The predicted octanol–water partition coefficient (Wildman–Crippen LogP) is 4.39. The number of benzene rings is 2. The molecule has 1 aliphatic heterocycles. The van der Waals surface area contributed by atoms with Crippen molar-refractivity contribution in [1.82, 2.24) is 9.97 Å². The molecule has 2 heterocycles. The van der Waals surface area contributed by atoms with Gasteiger partial charge in [0.25, 0.3) is 0 Å². The van der Waals surface area contributed by atoms with Crippen molar-refractivity contribution >= 4 is 28.1 Å². The minimum atomic E-state index is -1.06. The second-order valence-electron chi connectivity index (χ2n) is 6.70. The van der Waals surface area contributed by atoms with Crippen molar-refractivity contribution in [3.8, 4) is 0 Å². The van der Waals surface area contributed by atoms with Crippen LogP contribution in [0, 0.1) is 17.0 Å². The molecule has 0 fully saturated rings. The Bertz CT molecular complexity index is 1030. The summed E-state index contributed by atoms with van der Waals surface area (Å²) >= 11 is 0. The number of anilines is 1. The van der Waals surface area contributed by atoms with Crippen LogP contribution in [0.5, 0.6) is 0 Å². The van der Waals surface area contributed by atoms with Crippen LogP contribution in [0.25, 0.3) is 16.6 Å². The zero-order chi connectivity index (χ0) is 18.6. The van der Waals surface area contributed by atoms with Crippen molar-refractivity contribution < 1.29 is 13.9 Å². The summed E-state index contributed by atoms with van der Waals surface area (Å²) in [5.41, 5.74) is 0.754. The van der Waals surface area contributed by atoms with Gasteiger partial charge in [0.2, 0.25) is 0 Å². The molecule has 4 rings (SSSR count). The molecular weight excluding hydrogens is 338 g/mol. The molecule has 0 saturated carbocycles. The van der Waals surface area contributed by atoms with Crippen LogP contribution in [-0.2, 0) is 0 Å². The minimum absolute atomic E-state index is 0.0865. The Morgan fingerprint density at radius 1 is 1.12 bits per heavy atom. The van der Waals surface area contributed by atoms with Crippen LogP contribution in [0.3, 0.4) is 0 Å². The zero-order valence-electron chi connectivity index (χ0n) is 14.1. The number of amidine groups is 1. The highest BCUT2D eigenvalue weighted by molar-refractivity contribution is 6.31. The molecule has 1 aromatic heterocycles. The number of H-pyrrole nitrogens is 1. The predicted molar refractivity (Wildman–Crippen MR) is 96.3 cm³/mol. The third-order valence-corrected chi connectivity index (χ3v) is 4.57. The van der Waals surface area contributed by atoms with Gasteiger partial charge in [0.1, 0.15) is 29.1 Å². The molecular formula is C19H16F2N4O. The molecule has 132 valence electrons. The maximum absolute atomic E-state index is 13.7. The van der Waals surface area contributed by atoms with E-state index in [2.05, 4.69) is 9.97 Å². The Balaban J connectivity index is 1.86. The average molecular weight is 354 g/mol. The summed E-state index contributed by atoms with van der Waals surface area (Å²) < 4.78 is 27.4. The number of imidazole rings is 1. The molecule has 0 aliphatic carbocycles. The van der Waals surface area contributed by atoms with Gasteiger partial charge in [-0.25, -0.2) is 13.8 Å². The molecule has 0 atom stereocenters. The van der Waals surface area contributed by atoms with Crippen molar-refractivity contribution in [1.29, 1.82) is 5.41 Å². The first-order valence-electron chi connectivity index (χ1n) is 8.03. The number of aliphatic hydroxyl groups is 1. The van der Waals surface area contributed by atoms with E-state index in [0.717, 1.165) is 23.7 Å². The maximum atomic E-state index is 13.7. The molecule has 0 unspecified atom stereocenters. The Labute approximate surface area is 148 Å². The zero-order valence-corrected chi connectivity index (χ0v) is 14.1. The van der Waals surface area contributed by atoms with Crippen molar-refractivity contribution in [3.05, 3.63) is 65.7 Å². The van der Waals surface area contributed by atoms with Gasteiger partial charge >= 0.3 is 0 Å². The number of hydrogen-bond acceptors (Lipinski definition) is 3. The SMILES string of the molecule is CC1(C)C(O)=C(c2nc3ccccc3[nH]2)C(=N)N1c1cc(F)cc(F)c1. The van der Waals surface area contributed by atoms with E-state index in [1.807, 2.05) is 24.3 Å². The molecule has 5 nitrogen and oxygen atoms in total. The lowest BCUT2D eigenvalue weighted by molar-refractivity contribution is 0.333. The van der Waals surface area contributed by atoms with Crippen LogP contribution in [0.2, 0.25) is 0 Å². The van der Waals surface area contributed by atoms with Gasteiger partial charge in [-0.05, 0) is 38.1 Å². The lowest BCUT2D eigenvalue weighted by atomic mass is 10.0. The number of hydrogen-bond donors (Lipinski definition) is 3. The summed E-state index contributed by atoms with van der Waals surface area (Å²) in [5, 5.41) is 19.3. The summed E-state index contributed by atoms with van der Waals surface area (Å²) in [6, 6.07) is 10.4. The van der Waals surface area contributed by atoms with E-state index in [9.17, 15) is 13.9 Å². The Hall–Kier alpha value is -3.22. The van der Waals surface area contributed by atoms with E-state index in [1.54, 1.807) is 13.8 Å². The topological polar surface area (TPSA) is 76.0 Å². The summed E-state index contributed by atoms with van der Waals surface area (Å²) in [4.78, 5) is 8.91. The van der Waals surface area contributed by atoms with Gasteiger partial charge in [0.05, 0.1) is 22.1 Å². The van der Waals surface area contributed by atoms with Gasteiger partial charge in [-0.2, -0.15) is 0 Å². The summed E-state index contributed by atoms with van der Waals surface area (Å²) in [6.45, 7) is 3.35. The number of halogens is 2. The quantitative estimate of drug-likeness (QED) is 0.639. The highest BCUT2D eigenvalue weighted by Gasteiger charge is 2.46. The van der Waals surface area contributed by atoms with Crippen molar-refractivity contribution in [2.24, 2.45) is 0 Å². The monoisotopic (exact) mass is 354 g/mol.